The number of piperazine rings is 1. The van der Waals surface area contributed by atoms with Crippen molar-refractivity contribution in [1.29, 1.82) is 0 Å². The Labute approximate surface area is 125 Å². The molecule has 108 valence electrons. The molecule has 0 radical (unpaired) electrons. The lowest BCUT2D eigenvalue weighted by molar-refractivity contribution is 0.0599. The molecule has 0 saturated carbocycles. The standard InChI is InChI=1S/C13H16BrN3O3/c1-20-13(19)17-7-5-16(6-8-17)12(18)9-3-2-4-10(15)11(9)14/h2-4H,5-8,15H2,1H3. The number of carbonyl (C=O) groups is 2. The molecule has 1 heterocycles. The van der Waals surface area contributed by atoms with Crippen molar-refractivity contribution in [2.45, 2.75) is 0 Å². The Kier molecular flexibility index (Phi) is 4.49. The van der Waals surface area contributed by atoms with Crippen LogP contribution in [0.5, 0.6) is 0 Å². The molecule has 7 heteroatoms. The average Bonchev–Trinajstić information content (AvgIpc) is 2.48. The number of nitrogens with zero attached hydrogens (tertiary/aromatic N) is 2. The smallest absolute Gasteiger partial charge is 0.409 e. The zero-order valence-electron chi connectivity index (χ0n) is 11.1. The minimum absolute atomic E-state index is 0.0892. The molecule has 1 aromatic rings. The summed E-state index contributed by atoms with van der Waals surface area (Å²) in [7, 11) is 1.35. The molecular weight excluding hydrogens is 326 g/mol. The van der Waals surface area contributed by atoms with Gasteiger partial charge in [-0.2, -0.15) is 0 Å². The topological polar surface area (TPSA) is 75.9 Å². The van der Waals surface area contributed by atoms with E-state index in [1.165, 1.54) is 7.11 Å². The Morgan fingerprint density at radius 3 is 2.40 bits per heavy atom. The van der Waals surface area contributed by atoms with Crippen LogP contribution in [0.1, 0.15) is 10.4 Å². The SMILES string of the molecule is COC(=O)N1CCN(C(=O)c2cccc(N)c2Br)CC1. The fourth-order valence-corrected chi connectivity index (χ4v) is 2.54. The number of halogens is 1. The first-order chi connectivity index (χ1) is 9.54. The van der Waals surface area contributed by atoms with Gasteiger partial charge < -0.3 is 20.3 Å². The summed E-state index contributed by atoms with van der Waals surface area (Å²) in [5.41, 5.74) is 6.85. The van der Waals surface area contributed by atoms with Crippen LogP contribution >= 0.6 is 15.9 Å². The fraction of sp³-hybridized carbons (Fsp3) is 0.385. The van der Waals surface area contributed by atoms with Crippen LogP contribution in [-0.4, -0.2) is 55.1 Å². The molecule has 0 spiro atoms. The summed E-state index contributed by atoms with van der Waals surface area (Å²) < 4.78 is 5.28. The van der Waals surface area contributed by atoms with Gasteiger partial charge in [0, 0.05) is 31.9 Å². The molecule has 1 aliphatic heterocycles. The van der Waals surface area contributed by atoms with E-state index in [-0.39, 0.29) is 12.0 Å². The molecule has 0 unspecified atom stereocenters. The zero-order chi connectivity index (χ0) is 14.7. The molecule has 2 rings (SSSR count). The Morgan fingerprint density at radius 1 is 1.20 bits per heavy atom. The van der Waals surface area contributed by atoms with Gasteiger partial charge in [0.25, 0.3) is 5.91 Å². The molecule has 0 atom stereocenters. The van der Waals surface area contributed by atoms with Crippen LogP contribution in [0.2, 0.25) is 0 Å². The third-order valence-corrected chi connectivity index (χ3v) is 4.14. The Hall–Kier alpha value is -1.76. The number of amides is 2. The monoisotopic (exact) mass is 341 g/mol. The lowest BCUT2D eigenvalue weighted by Gasteiger charge is -2.34. The number of ether oxygens (including phenoxy) is 1. The summed E-state index contributed by atoms with van der Waals surface area (Å²) in [4.78, 5) is 27.1. The molecular formula is C13H16BrN3O3. The van der Waals surface area contributed by atoms with Gasteiger partial charge in [-0.1, -0.05) is 6.07 Å². The van der Waals surface area contributed by atoms with Crippen molar-refractivity contribution in [3.63, 3.8) is 0 Å². The number of hydrogen-bond acceptors (Lipinski definition) is 4. The van der Waals surface area contributed by atoms with Crippen molar-refractivity contribution < 1.29 is 14.3 Å². The van der Waals surface area contributed by atoms with Crippen LogP contribution in [0.4, 0.5) is 10.5 Å². The number of benzene rings is 1. The molecule has 0 bridgehead atoms. The van der Waals surface area contributed by atoms with Crippen LogP contribution in [0.15, 0.2) is 22.7 Å². The van der Waals surface area contributed by atoms with Crippen molar-refractivity contribution >= 4 is 33.6 Å². The van der Waals surface area contributed by atoms with E-state index in [0.717, 1.165) is 0 Å². The van der Waals surface area contributed by atoms with E-state index in [0.29, 0.717) is 41.9 Å². The van der Waals surface area contributed by atoms with Gasteiger partial charge in [-0.05, 0) is 28.1 Å². The predicted octanol–water partition coefficient (Wildman–Crippen LogP) is 1.56. The summed E-state index contributed by atoms with van der Waals surface area (Å²) in [6.07, 6.45) is -0.359. The molecule has 0 aliphatic carbocycles. The third kappa shape index (κ3) is 2.87. The van der Waals surface area contributed by atoms with Crippen LogP contribution in [0, 0.1) is 0 Å². The highest BCUT2D eigenvalue weighted by Crippen LogP contribution is 2.25. The van der Waals surface area contributed by atoms with Gasteiger partial charge in [0.15, 0.2) is 0 Å². The Balaban J connectivity index is 2.05. The summed E-state index contributed by atoms with van der Waals surface area (Å²) in [6, 6.07) is 5.21. The van der Waals surface area contributed by atoms with Crippen LogP contribution < -0.4 is 5.73 Å². The molecule has 1 aromatic carbocycles. The van der Waals surface area contributed by atoms with Crippen molar-refractivity contribution in [1.82, 2.24) is 9.80 Å². The van der Waals surface area contributed by atoms with Crippen LogP contribution in [0.3, 0.4) is 0 Å². The van der Waals surface area contributed by atoms with E-state index >= 15 is 0 Å². The third-order valence-electron chi connectivity index (χ3n) is 3.26. The first kappa shape index (κ1) is 14.6. The average molecular weight is 342 g/mol. The predicted molar refractivity (Wildman–Crippen MR) is 78.4 cm³/mol. The summed E-state index contributed by atoms with van der Waals surface area (Å²) in [5, 5.41) is 0. The number of methoxy groups -OCH3 is 1. The van der Waals surface area contributed by atoms with Gasteiger partial charge in [-0.15, -0.1) is 0 Å². The number of nitrogen functional groups attached to an aromatic ring is 1. The molecule has 6 nitrogen and oxygen atoms in total. The molecule has 2 amide bonds. The van der Waals surface area contributed by atoms with Crippen molar-refractivity contribution in [2.75, 3.05) is 39.0 Å². The van der Waals surface area contributed by atoms with E-state index in [1.807, 2.05) is 0 Å². The van der Waals surface area contributed by atoms with E-state index in [4.69, 9.17) is 5.73 Å². The lowest BCUT2D eigenvalue weighted by Crippen LogP contribution is -2.50. The maximum Gasteiger partial charge on any atom is 0.409 e. The van der Waals surface area contributed by atoms with Crippen molar-refractivity contribution in [3.05, 3.63) is 28.2 Å². The zero-order valence-corrected chi connectivity index (χ0v) is 12.7. The van der Waals surface area contributed by atoms with Gasteiger partial charge >= 0.3 is 6.09 Å². The van der Waals surface area contributed by atoms with Crippen LogP contribution in [-0.2, 0) is 4.74 Å². The van der Waals surface area contributed by atoms with Gasteiger partial charge in [0.05, 0.1) is 17.1 Å². The lowest BCUT2D eigenvalue weighted by atomic mass is 10.1. The highest BCUT2D eigenvalue weighted by Gasteiger charge is 2.26. The Morgan fingerprint density at radius 2 is 1.80 bits per heavy atom. The van der Waals surface area contributed by atoms with Gasteiger partial charge in [0.2, 0.25) is 0 Å². The highest BCUT2D eigenvalue weighted by molar-refractivity contribution is 9.10. The summed E-state index contributed by atoms with van der Waals surface area (Å²) in [6.45, 7) is 1.90. The first-order valence-corrected chi connectivity index (χ1v) is 7.00. The number of carbonyl (C=O) groups excluding carboxylic acids is 2. The molecule has 1 fully saturated rings. The number of hydrogen-bond donors (Lipinski definition) is 1. The minimum Gasteiger partial charge on any atom is -0.453 e. The van der Waals surface area contributed by atoms with E-state index < -0.39 is 0 Å². The molecule has 1 aliphatic rings. The quantitative estimate of drug-likeness (QED) is 0.786. The van der Waals surface area contributed by atoms with Gasteiger partial charge in [-0.25, -0.2) is 4.79 Å². The van der Waals surface area contributed by atoms with E-state index in [9.17, 15) is 9.59 Å². The van der Waals surface area contributed by atoms with Crippen LogP contribution in [0.25, 0.3) is 0 Å². The highest BCUT2D eigenvalue weighted by atomic mass is 79.9. The summed E-state index contributed by atoms with van der Waals surface area (Å²) in [5.74, 6) is -0.0892. The second-order valence-electron chi connectivity index (χ2n) is 4.46. The largest absolute Gasteiger partial charge is 0.453 e. The van der Waals surface area contributed by atoms with Gasteiger partial charge in [0.1, 0.15) is 0 Å². The molecule has 1 saturated heterocycles. The van der Waals surface area contributed by atoms with Crippen molar-refractivity contribution in [2.24, 2.45) is 0 Å². The minimum atomic E-state index is -0.359. The van der Waals surface area contributed by atoms with E-state index in [1.54, 1.807) is 28.0 Å². The normalized spacial score (nSPS) is 15.1. The maximum atomic E-state index is 12.4. The molecule has 2 N–H and O–H groups in total. The molecule has 20 heavy (non-hydrogen) atoms. The fourth-order valence-electron chi connectivity index (χ4n) is 2.11. The first-order valence-electron chi connectivity index (χ1n) is 6.20. The second-order valence-corrected chi connectivity index (χ2v) is 5.25. The Bertz CT molecular complexity index is 528. The molecule has 0 aromatic heterocycles. The van der Waals surface area contributed by atoms with Crippen molar-refractivity contribution in [3.8, 4) is 0 Å². The number of anilines is 1. The maximum absolute atomic E-state index is 12.4. The van der Waals surface area contributed by atoms with Gasteiger partial charge in [-0.3, -0.25) is 4.79 Å². The number of nitrogens with two attached hydrogens (primary N) is 1. The number of rotatable bonds is 1. The summed E-state index contributed by atoms with van der Waals surface area (Å²) >= 11 is 3.34. The van der Waals surface area contributed by atoms with E-state index in [2.05, 4.69) is 20.7 Å². The second kappa shape index (κ2) is 6.13.